The number of aliphatic hydroxyl groups excluding tert-OH is 1. The molecule has 2 aromatic carbocycles. The first kappa shape index (κ1) is 14.9. The fraction of sp³-hybridized carbons (Fsp3) is 0.0769. The van der Waals surface area contributed by atoms with Crippen molar-refractivity contribution in [3.05, 3.63) is 67.1 Å². The first-order valence-electron chi connectivity index (χ1n) is 5.19. The van der Waals surface area contributed by atoms with Gasteiger partial charge in [-0.3, -0.25) is 0 Å². The van der Waals surface area contributed by atoms with E-state index in [0.29, 0.717) is 4.47 Å². The summed E-state index contributed by atoms with van der Waals surface area (Å²) in [6.07, 6.45) is -1.43. The SMILES string of the molecule is OC(c1cccc(Br)c1F)c1ccc(Br)c(Cl)c1F. The highest BCUT2D eigenvalue weighted by atomic mass is 79.9. The lowest BCUT2D eigenvalue weighted by molar-refractivity contribution is 0.209. The van der Waals surface area contributed by atoms with Crippen LogP contribution in [0.2, 0.25) is 5.02 Å². The highest BCUT2D eigenvalue weighted by Gasteiger charge is 2.22. The molecule has 1 N–H and O–H groups in total. The first-order chi connectivity index (χ1) is 8.93. The van der Waals surface area contributed by atoms with E-state index in [1.54, 1.807) is 6.07 Å². The molecule has 2 rings (SSSR count). The molecule has 1 nitrogen and oxygen atoms in total. The average Bonchev–Trinajstić information content (AvgIpc) is 2.39. The normalized spacial score (nSPS) is 12.5. The summed E-state index contributed by atoms with van der Waals surface area (Å²) in [5, 5.41) is 9.97. The lowest BCUT2D eigenvalue weighted by Gasteiger charge is -2.15. The Balaban J connectivity index is 2.53. The Bertz CT molecular complexity index is 634. The number of hydrogen-bond donors (Lipinski definition) is 1. The molecule has 0 aliphatic rings. The largest absolute Gasteiger partial charge is 0.383 e. The van der Waals surface area contributed by atoms with Crippen molar-refractivity contribution in [2.45, 2.75) is 6.10 Å². The first-order valence-corrected chi connectivity index (χ1v) is 7.15. The number of hydrogen-bond acceptors (Lipinski definition) is 1. The third-order valence-corrected chi connectivity index (χ3v) is 4.51. The predicted molar refractivity (Wildman–Crippen MR) is 77.3 cm³/mol. The van der Waals surface area contributed by atoms with E-state index < -0.39 is 17.7 Å². The average molecular weight is 412 g/mol. The van der Waals surface area contributed by atoms with Crippen LogP contribution in [-0.4, -0.2) is 5.11 Å². The van der Waals surface area contributed by atoms with Gasteiger partial charge in [-0.2, -0.15) is 0 Å². The van der Waals surface area contributed by atoms with Crippen LogP contribution in [0.4, 0.5) is 8.78 Å². The monoisotopic (exact) mass is 410 g/mol. The number of halogens is 5. The Kier molecular flexibility index (Phi) is 4.61. The molecule has 6 heteroatoms. The summed E-state index contributed by atoms with van der Waals surface area (Å²) in [4.78, 5) is 0. The van der Waals surface area contributed by atoms with Gasteiger partial charge in [-0.1, -0.05) is 29.8 Å². The van der Waals surface area contributed by atoms with Crippen LogP contribution in [0.3, 0.4) is 0 Å². The van der Waals surface area contributed by atoms with Crippen molar-refractivity contribution in [2.75, 3.05) is 0 Å². The van der Waals surface area contributed by atoms with Crippen molar-refractivity contribution < 1.29 is 13.9 Å². The van der Waals surface area contributed by atoms with Crippen LogP contribution in [-0.2, 0) is 0 Å². The van der Waals surface area contributed by atoms with Crippen molar-refractivity contribution in [2.24, 2.45) is 0 Å². The van der Waals surface area contributed by atoms with Crippen molar-refractivity contribution in [1.82, 2.24) is 0 Å². The van der Waals surface area contributed by atoms with Crippen LogP contribution in [0.25, 0.3) is 0 Å². The number of benzene rings is 2. The molecule has 1 unspecified atom stereocenters. The standard InChI is InChI=1S/C13H7Br2ClF2O/c14-8-5-4-7(12(18)10(8)16)13(19)6-2-1-3-9(15)11(6)17/h1-5,13,19H. The number of rotatable bonds is 2. The summed E-state index contributed by atoms with van der Waals surface area (Å²) in [5.74, 6) is -1.41. The van der Waals surface area contributed by atoms with E-state index >= 15 is 0 Å². The zero-order valence-corrected chi connectivity index (χ0v) is 13.2. The second-order valence-electron chi connectivity index (χ2n) is 3.81. The topological polar surface area (TPSA) is 20.2 Å². The molecule has 0 bridgehead atoms. The van der Waals surface area contributed by atoms with Crippen LogP contribution in [0, 0.1) is 11.6 Å². The zero-order valence-electron chi connectivity index (χ0n) is 9.30. The smallest absolute Gasteiger partial charge is 0.149 e. The molecule has 0 aliphatic carbocycles. The van der Waals surface area contributed by atoms with Gasteiger partial charge in [-0.15, -0.1) is 0 Å². The van der Waals surface area contributed by atoms with Crippen molar-refractivity contribution >= 4 is 43.5 Å². The molecular weight excluding hydrogens is 405 g/mol. The van der Waals surface area contributed by atoms with Crippen molar-refractivity contribution in [3.8, 4) is 0 Å². The summed E-state index contributed by atoms with van der Waals surface area (Å²) >= 11 is 11.8. The van der Waals surface area contributed by atoms with E-state index in [1.807, 2.05) is 0 Å². The van der Waals surface area contributed by atoms with Crippen molar-refractivity contribution in [3.63, 3.8) is 0 Å². The van der Waals surface area contributed by atoms with Gasteiger partial charge in [-0.25, -0.2) is 8.78 Å². The fourth-order valence-corrected chi connectivity index (χ4v) is 2.51. The Morgan fingerprint density at radius 1 is 0.947 bits per heavy atom. The summed E-state index contributed by atoms with van der Waals surface area (Å²) in [6, 6.07) is 7.30. The second kappa shape index (κ2) is 5.87. The molecule has 0 saturated carbocycles. The van der Waals surface area contributed by atoms with Gasteiger partial charge in [0.2, 0.25) is 0 Å². The molecule has 0 heterocycles. The third kappa shape index (κ3) is 2.84. The molecular formula is C13H7Br2ClF2O. The van der Waals surface area contributed by atoms with Crippen LogP contribution in [0.15, 0.2) is 39.3 Å². The molecule has 0 aliphatic heterocycles. The van der Waals surface area contributed by atoms with Gasteiger partial charge in [-0.05, 0) is 44.0 Å². The fourth-order valence-electron chi connectivity index (χ4n) is 1.65. The van der Waals surface area contributed by atoms with E-state index in [2.05, 4.69) is 31.9 Å². The summed E-state index contributed by atoms with van der Waals surface area (Å²) in [7, 11) is 0. The van der Waals surface area contributed by atoms with Crippen LogP contribution < -0.4 is 0 Å². The van der Waals surface area contributed by atoms with E-state index in [-0.39, 0.29) is 20.6 Å². The Hall–Kier alpha value is -0.490. The highest BCUT2D eigenvalue weighted by molar-refractivity contribution is 9.10. The van der Waals surface area contributed by atoms with Crippen LogP contribution in [0.5, 0.6) is 0 Å². The van der Waals surface area contributed by atoms with Gasteiger partial charge in [0.25, 0.3) is 0 Å². The van der Waals surface area contributed by atoms with E-state index in [1.165, 1.54) is 24.3 Å². The quantitative estimate of drug-likeness (QED) is 0.670. The number of aliphatic hydroxyl groups is 1. The minimum Gasteiger partial charge on any atom is -0.383 e. The minimum absolute atomic E-state index is 0.0216. The van der Waals surface area contributed by atoms with E-state index in [4.69, 9.17) is 11.6 Å². The molecule has 0 aromatic heterocycles. The van der Waals surface area contributed by atoms with Crippen LogP contribution >= 0.6 is 43.5 Å². The Labute approximate surface area is 130 Å². The maximum atomic E-state index is 14.0. The second-order valence-corrected chi connectivity index (χ2v) is 5.90. The Morgan fingerprint density at radius 3 is 2.26 bits per heavy atom. The summed E-state index contributed by atoms with van der Waals surface area (Å²) in [6.45, 7) is 0. The predicted octanol–water partition coefficient (Wildman–Crippen LogP) is 5.22. The van der Waals surface area contributed by atoms with E-state index in [9.17, 15) is 13.9 Å². The zero-order chi connectivity index (χ0) is 14.2. The van der Waals surface area contributed by atoms with Crippen molar-refractivity contribution in [1.29, 1.82) is 0 Å². The lowest BCUT2D eigenvalue weighted by atomic mass is 10.0. The van der Waals surface area contributed by atoms with Gasteiger partial charge >= 0.3 is 0 Å². The van der Waals surface area contributed by atoms with Gasteiger partial charge in [0.1, 0.15) is 17.7 Å². The van der Waals surface area contributed by atoms with E-state index in [0.717, 1.165) is 0 Å². The van der Waals surface area contributed by atoms with Gasteiger partial charge in [0.15, 0.2) is 0 Å². The molecule has 0 radical (unpaired) electrons. The molecule has 0 spiro atoms. The highest BCUT2D eigenvalue weighted by Crippen LogP contribution is 2.34. The summed E-state index contributed by atoms with van der Waals surface area (Å²) in [5.41, 5.74) is -0.100. The molecule has 2 aromatic rings. The maximum absolute atomic E-state index is 14.0. The van der Waals surface area contributed by atoms with Crippen LogP contribution in [0.1, 0.15) is 17.2 Å². The molecule has 0 saturated heterocycles. The summed E-state index contributed by atoms with van der Waals surface area (Å²) < 4.78 is 28.4. The molecule has 0 fully saturated rings. The van der Waals surface area contributed by atoms with Gasteiger partial charge in [0, 0.05) is 15.6 Å². The van der Waals surface area contributed by atoms with Gasteiger partial charge < -0.3 is 5.11 Å². The molecule has 0 amide bonds. The minimum atomic E-state index is -1.43. The molecule has 100 valence electrons. The molecule has 19 heavy (non-hydrogen) atoms. The Morgan fingerprint density at radius 2 is 1.58 bits per heavy atom. The third-order valence-electron chi connectivity index (χ3n) is 2.64. The molecule has 1 atom stereocenters. The maximum Gasteiger partial charge on any atom is 0.149 e. The van der Waals surface area contributed by atoms with Gasteiger partial charge in [0.05, 0.1) is 9.50 Å². The lowest BCUT2D eigenvalue weighted by Crippen LogP contribution is -2.06.